The molecular weight excluding hydrogens is 478 g/mol. The normalized spacial score (nSPS) is 13.7. The van der Waals surface area contributed by atoms with E-state index in [1.807, 2.05) is 36.4 Å². The molecule has 196 valence electrons. The zero-order valence-electron chi connectivity index (χ0n) is 22.1. The number of unbranched alkanes of at least 4 members (excludes halogenated alkanes) is 1. The molecule has 2 amide bonds. The van der Waals surface area contributed by atoms with Gasteiger partial charge in [-0.3, -0.25) is 9.59 Å². The Hall–Kier alpha value is -2.96. The number of carbonyl (C=O) groups excluding carboxylic acids is 2. The van der Waals surface area contributed by atoms with Crippen molar-refractivity contribution >= 4 is 28.2 Å². The van der Waals surface area contributed by atoms with E-state index in [2.05, 4.69) is 41.5 Å². The Bertz CT molecular complexity index is 1160. The number of amides is 2. The van der Waals surface area contributed by atoms with Crippen molar-refractivity contribution in [1.29, 1.82) is 0 Å². The molecule has 0 saturated heterocycles. The van der Waals surface area contributed by atoms with E-state index >= 15 is 0 Å². The van der Waals surface area contributed by atoms with Gasteiger partial charge in [0.25, 0.3) is 11.8 Å². The van der Waals surface area contributed by atoms with Crippen LogP contribution >= 0.6 is 11.3 Å². The predicted molar refractivity (Wildman–Crippen MR) is 154 cm³/mol. The van der Waals surface area contributed by atoms with Crippen LogP contribution in [0.15, 0.2) is 60.7 Å². The molecule has 1 atom stereocenters. The quantitative estimate of drug-likeness (QED) is 0.258. The largest absolute Gasteiger partial charge is 0.345 e. The van der Waals surface area contributed by atoms with Crippen LogP contribution in [0.25, 0.3) is 0 Å². The lowest BCUT2D eigenvalue weighted by molar-refractivity contribution is 0.0934. The molecule has 0 fully saturated rings. The Morgan fingerprint density at radius 2 is 1.57 bits per heavy atom. The molecule has 1 aromatic heterocycles. The average molecular weight is 518 g/mol. The first-order valence-corrected chi connectivity index (χ1v) is 14.5. The van der Waals surface area contributed by atoms with Crippen LogP contribution < -0.4 is 10.6 Å². The summed E-state index contributed by atoms with van der Waals surface area (Å²) < 4.78 is 0. The summed E-state index contributed by atoms with van der Waals surface area (Å²) in [6.45, 7) is 7.61. The number of nitrogens with zero attached hydrogens (tertiary/aromatic N) is 1. The van der Waals surface area contributed by atoms with Crippen molar-refractivity contribution in [3.63, 3.8) is 0 Å². The lowest BCUT2D eigenvalue weighted by atomic mass is 9.94. The zero-order valence-corrected chi connectivity index (χ0v) is 22.9. The molecule has 3 aromatic rings. The molecule has 0 spiro atoms. The van der Waals surface area contributed by atoms with Gasteiger partial charge in [-0.1, -0.05) is 62.4 Å². The van der Waals surface area contributed by atoms with Gasteiger partial charge in [-0.15, -0.1) is 11.3 Å². The minimum atomic E-state index is -0.177. The van der Waals surface area contributed by atoms with Gasteiger partial charge >= 0.3 is 0 Å². The first-order valence-electron chi connectivity index (χ1n) is 13.7. The number of benzene rings is 2. The number of anilines is 1. The SMILES string of the molecule is CCN(CC)CCCC[C@@H](NC(=O)c1c(NC(=O)c2ccccc2)sc2c1CCCC2)c1ccccc1. The van der Waals surface area contributed by atoms with Gasteiger partial charge in [0.2, 0.25) is 0 Å². The Kier molecular flexibility index (Phi) is 9.92. The highest BCUT2D eigenvalue weighted by atomic mass is 32.1. The second-order valence-corrected chi connectivity index (χ2v) is 10.8. The van der Waals surface area contributed by atoms with Crippen LogP contribution in [0.2, 0.25) is 0 Å². The lowest BCUT2D eigenvalue weighted by Crippen LogP contribution is -2.30. The van der Waals surface area contributed by atoms with Crippen molar-refractivity contribution in [2.75, 3.05) is 25.0 Å². The maximum atomic E-state index is 13.9. The molecule has 0 aliphatic heterocycles. The van der Waals surface area contributed by atoms with Crippen LogP contribution in [0.4, 0.5) is 5.00 Å². The van der Waals surface area contributed by atoms with E-state index < -0.39 is 0 Å². The molecular formula is C31H39N3O2S. The Balaban J connectivity index is 1.54. The van der Waals surface area contributed by atoms with E-state index in [9.17, 15) is 9.59 Å². The number of thiophene rings is 1. The number of fused-ring (bicyclic) bond motifs is 1. The van der Waals surface area contributed by atoms with E-state index in [1.165, 1.54) is 4.88 Å². The fraction of sp³-hybridized carbons (Fsp3) is 0.419. The first kappa shape index (κ1) is 27.1. The molecule has 5 nitrogen and oxygen atoms in total. The summed E-state index contributed by atoms with van der Waals surface area (Å²) in [5.74, 6) is -0.260. The van der Waals surface area contributed by atoms with Crippen LogP contribution in [-0.4, -0.2) is 36.3 Å². The highest BCUT2D eigenvalue weighted by Gasteiger charge is 2.28. The maximum Gasteiger partial charge on any atom is 0.256 e. The van der Waals surface area contributed by atoms with Gasteiger partial charge in [0.05, 0.1) is 11.6 Å². The van der Waals surface area contributed by atoms with Gasteiger partial charge < -0.3 is 15.5 Å². The summed E-state index contributed by atoms with van der Waals surface area (Å²) in [6, 6.07) is 19.4. The van der Waals surface area contributed by atoms with Gasteiger partial charge in [-0.25, -0.2) is 0 Å². The topological polar surface area (TPSA) is 61.4 Å². The van der Waals surface area contributed by atoms with Gasteiger partial charge in [0.15, 0.2) is 0 Å². The number of aryl methyl sites for hydroxylation is 1. The molecule has 1 aliphatic rings. The molecule has 1 heterocycles. The van der Waals surface area contributed by atoms with Gasteiger partial charge in [-0.05, 0) is 87.8 Å². The van der Waals surface area contributed by atoms with Crippen molar-refractivity contribution in [3.8, 4) is 0 Å². The highest BCUT2D eigenvalue weighted by molar-refractivity contribution is 7.17. The van der Waals surface area contributed by atoms with Crippen LogP contribution in [0.1, 0.15) is 88.7 Å². The summed E-state index contributed by atoms with van der Waals surface area (Å²) in [5.41, 5.74) is 3.49. The zero-order chi connectivity index (χ0) is 26.0. The minimum Gasteiger partial charge on any atom is -0.345 e. The van der Waals surface area contributed by atoms with Gasteiger partial charge in [-0.2, -0.15) is 0 Å². The summed E-state index contributed by atoms with van der Waals surface area (Å²) in [5, 5.41) is 7.10. The molecule has 0 radical (unpaired) electrons. The van der Waals surface area contributed by atoms with Gasteiger partial charge in [0.1, 0.15) is 5.00 Å². The molecule has 37 heavy (non-hydrogen) atoms. The Morgan fingerprint density at radius 1 is 0.892 bits per heavy atom. The van der Waals surface area contributed by atoms with E-state index in [4.69, 9.17) is 0 Å². The smallest absolute Gasteiger partial charge is 0.256 e. The number of nitrogens with one attached hydrogen (secondary N) is 2. The predicted octanol–water partition coefficient (Wildman–Crippen LogP) is 6.86. The van der Waals surface area contributed by atoms with E-state index in [1.54, 1.807) is 23.5 Å². The summed E-state index contributed by atoms with van der Waals surface area (Å²) >= 11 is 1.57. The van der Waals surface area contributed by atoms with E-state index in [0.717, 1.165) is 75.7 Å². The van der Waals surface area contributed by atoms with Crippen molar-refractivity contribution in [3.05, 3.63) is 87.8 Å². The summed E-state index contributed by atoms with van der Waals surface area (Å²) in [7, 11) is 0. The maximum absolute atomic E-state index is 13.9. The Morgan fingerprint density at radius 3 is 2.27 bits per heavy atom. The van der Waals surface area contributed by atoms with Crippen LogP contribution in [0.3, 0.4) is 0 Å². The molecule has 0 bridgehead atoms. The molecule has 1 aliphatic carbocycles. The second-order valence-electron chi connectivity index (χ2n) is 9.69. The monoisotopic (exact) mass is 517 g/mol. The molecule has 2 aromatic carbocycles. The molecule has 4 rings (SSSR count). The summed E-state index contributed by atoms with van der Waals surface area (Å²) in [4.78, 5) is 30.5. The standard InChI is InChI=1S/C31H39N3O2S/c1-3-34(4-2)22-14-13-20-26(23-15-7-5-8-16-23)32-30(36)28-25-19-11-12-21-27(25)37-31(28)33-29(35)24-17-9-6-10-18-24/h5-10,15-18,26H,3-4,11-14,19-22H2,1-2H3,(H,32,36)(H,33,35)/t26-/m1/s1. The van der Waals surface area contributed by atoms with Crippen molar-refractivity contribution < 1.29 is 9.59 Å². The number of rotatable bonds is 12. The third-order valence-corrected chi connectivity index (χ3v) is 8.49. The number of hydrogen-bond donors (Lipinski definition) is 2. The average Bonchev–Trinajstić information content (AvgIpc) is 3.31. The fourth-order valence-electron chi connectivity index (χ4n) is 5.12. The van der Waals surface area contributed by atoms with E-state index in [0.29, 0.717) is 16.1 Å². The lowest BCUT2D eigenvalue weighted by Gasteiger charge is -2.22. The van der Waals surface area contributed by atoms with Crippen LogP contribution in [-0.2, 0) is 12.8 Å². The highest BCUT2D eigenvalue weighted by Crippen LogP contribution is 2.39. The fourth-order valence-corrected chi connectivity index (χ4v) is 6.40. The Labute approximate surface area is 225 Å². The molecule has 2 N–H and O–H groups in total. The third kappa shape index (κ3) is 7.08. The van der Waals surface area contributed by atoms with Crippen molar-refractivity contribution in [1.82, 2.24) is 10.2 Å². The molecule has 0 saturated carbocycles. The van der Waals surface area contributed by atoms with Crippen molar-refractivity contribution in [2.24, 2.45) is 0 Å². The minimum absolute atomic E-state index is 0.0674. The second kappa shape index (κ2) is 13.5. The third-order valence-electron chi connectivity index (χ3n) is 7.28. The number of carbonyl (C=O) groups is 2. The molecule has 6 heteroatoms. The van der Waals surface area contributed by atoms with Crippen LogP contribution in [0.5, 0.6) is 0 Å². The first-order chi connectivity index (χ1) is 18.1. The van der Waals surface area contributed by atoms with E-state index in [-0.39, 0.29) is 17.9 Å². The van der Waals surface area contributed by atoms with Crippen LogP contribution in [0, 0.1) is 0 Å². The number of hydrogen-bond acceptors (Lipinski definition) is 4. The van der Waals surface area contributed by atoms with Crippen molar-refractivity contribution in [2.45, 2.75) is 64.8 Å². The summed E-state index contributed by atoms with van der Waals surface area (Å²) in [6.07, 6.45) is 7.08. The molecule has 0 unspecified atom stereocenters. The van der Waals surface area contributed by atoms with Gasteiger partial charge in [0, 0.05) is 10.4 Å².